The second kappa shape index (κ2) is 8.54. The zero-order chi connectivity index (χ0) is 23.6. The predicted octanol–water partition coefficient (Wildman–Crippen LogP) is 6.69. The van der Waals surface area contributed by atoms with Crippen molar-refractivity contribution in [2.75, 3.05) is 0 Å². The number of imidazole rings is 2. The van der Waals surface area contributed by atoms with Gasteiger partial charge in [0.15, 0.2) is 0 Å². The van der Waals surface area contributed by atoms with Crippen LogP contribution in [0.1, 0.15) is 11.6 Å². The fourth-order valence-corrected chi connectivity index (χ4v) is 5.51. The third-order valence-electron chi connectivity index (χ3n) is 7.11. The Kier molecular flexibility index (Phi) is 5.12. The quantitative estimate of drug-likeness (QED) is 0.158. The van der Waals surface area contributed by atoms with E-state index < -0.39 is 0 Å². The third-order valence-corrected chi connectivity index (χ3v) is 7.11. The summed E-state index contributed by atoms with van der Waals surface area (Å²) in [4.78, 5) is 19.8. The first-order chi connectivity index (χ1) is 17.8. The van der Waals surface area contributed by atoms with Crippen molar-refractivity contribution in [2.24, 2.45) is 0 Å². The van der Waals surface area contributed by atoms with Crippen LogP contribution in [0.3, 0.4) is 0 Å². The molecule has 0 amide bonds. The molecule has 0 fully saturated rings. The third kappa shape index (κ3) is 3.33. The Hall–Kier alpha value is -4.01. The van der Waals surface area contributed by atoms with E-state index in [1.165, 1.54) is 10.8 Å². The molecule has 0 N–H and O–H groups in total. The van der Waals surface area contributed by atoms with Gasteiger partial charge in [0.05, 0.1) is 0 Å². The summed E-state index contributed by atoms with van der Waals surface area (Å²) in [6.45, 7) is 0. The van der Waals surface area contributed by atoms with Crippen LogP contribution in [0.15, 0.2) is 84.9 Å². The van der Waals surface area contributed by atoms with Gasteiger partial charge in [0.2, 0.25) is 0 Å². The standard InChI is InChI=1S/C32H18N4.Pt/c1-5-13-23-19(9-1)20-10-2-6-14-24(20)30-29(23)33-27(34-30)17-18-28-35-31-25-15-7-3-11-21(25)22-12-4-8-16-26(22)32(31)36-28;/h1-13,15H,17-18H2;/q-4;+4. The van der Waals surface area contributed by atoms with Crippen molar-refractivity contribution in [1.29, 1.82) is 0 Å². The van der Waals surface area contributed by atoms with Crippen LogP contribution in [0, 0.1) is 12.1 Å². The predicted molar refractivity (Wildman–Crippen MR) is 145 cm³/mol. The van der Waals surface area contributed by atoms with Crippen LogP contribution in [-0.4, -0.2) is 9.97 Å². The van der Waals surface area contributed by atoms with Crippen LogP contribution >= 0.6 is 0 Å². The SMILES string of the molecule is [Pt+4].[c-]1cccc2c1c1[n-]c(CCc3nc4c5ccccc5c5ccc[c-]c5c4[n-]3)nc1c1ccccc21. The van der Waals surface area contributed by atoms with Crippen molar-refractivity contribution >= 4 is 65.2 Å². The Labute approximate surface area is 227 Å². The van der Waals surface area contributed by atoms with E-state index in [2.05, 4.69) is 72.8 Å². The van der Waals surface area contributed by atoms with Gasteiger partial charge in [-0.05, 0) is 23.6 Å². The van der Waals surface area contributed by atoms with Crippen molar-refractivity contribution < 1.29 is 21.1 Å². The van der Waals surface area contributed by atoms with Crippen LogP contribution < -0.4 is 9.97 Å². The largest absolute Gasteiger partial charge is 4.00 e. The van der Waals surface area contributed by atoms with Gasteiger partial charge in [0, 0.05) is 0 Å². The molecule has 0 unspecified atom stereocenters. The first kappa shape index (κ1) is 22.2. The smallest absolute Gasteiger partial charge is 0.485 e. The molecule has 37 heavy (non-hydrogen) atoms. The molecule has 8 aromatic rings. The Morgan fingerprint density at radius 3 is 1.38 bits per heavy atom. The van der Waals surface area contributed by atoms with Gasteiger partial charge < -0.3 is 19.9 Å². The van der Waals surface area contributed by atoms with E-state index in [1.54, 1.807) is 0 Å². The molecule has 2 aromatic heterocycles. The maximum Gasteiger partial charge on any atom is 4.00 e. The normalized spacial score (nSPS) is 11.8. The minimum atomic E-state index is 0. The van der Waals surface area contributed by atoms with Gasteiger partial charge in [0.1, 0.15) is 0 Å². The fourth-order valence-electron chi connectivity index (χ4n) is 5.51. The maximum atomic E-state index is 4.97. The summed E-state index contributed by atoms with van der Waals surface area (Å²) in [6.07, 6.45) is 1.35. The molecule has 0 saturated carbocycles. The van der Waals surface area contributed by atoms with Crippen LogP contribution in [0.25, 0.3) is 65.2 Å². The molecule has 8 rings (SSSR count). The molecular formula is C32H18N4Pt. The van der Waals surface area contributed by atoms with Crippen molar-refractivity contribution in [2.45, 2.75) is 12.8 Å². The first-order valence-corrected chi connectivity index (χ1v) is 12.1. The Morgan fingerprint density at radius 2 is 0.919 bits per heavy atom. The molecule has 0 saturated heterocycles. The summed E-state index contributed by atoms with van der Waals surface area (Å²) in [6, 6.07) is 35.8. The number of rotatable bonds is 3. The molecule has 0 bridgehead atoms. The number of fused-ring (bicyclic) bond motifs is 12. The van der Waals surface area contributed by atoms with Crippen molar-refractivity contribution in [3.63, 3.8) is 0 Å². The van der Waals surface area contributed by atoms with E-state index in [1.807, 2.05) is 24.3 Å². The summed E-state index contributed by atoms with van der Waals surface area (Å²) in [5.74, 6) is 1.63. The van der Waals surface area contributed by atoms with Gasteiger partial charge >= 0.3 is 21.1 Å². The number of aromatic nitrogens is 4. The molecule has 0 radical (unpaired) electrons. The molecule has 2 heterocycles. The van der Waals surface area contributed by atoms with Gasteiger partial charge in [-0.2, -0.15) is 0 Å². The molecule has 4 nitrogen and oxygen atoms in total. The summed E-state index contributed by atoms with van der Waals surface area (Å²) >= 11 is 0. The molecule has 0 atom stereocenters. The summed E-state index contributed by atoms with van der Waals surface area (Å²) < 4.78 is 0. The van der Waals surface area contributed by atoms with Crippen LogP contribution in [0.5, 0.6) is 0 Å². The molecule has 5 heteroatoms. The van der Waals surface area contributed by atoms with E-state index in [-0.39, 0.29) is 21.1 Å². The number of hydrogen-bond acceptors (Lipinski definition) is 2. The van der Waals surface area contributed by atoms with E-state index in [4.69, 9.17) is 19.9 Å². The van der Waals surface area contributed by atoms with Crippen LogP contribution in [0.4, 0.5) is 0 Å². The summed E-state index contributed by atoms with van der Waals surface area (Å²) in [5.41, 5.74) is 3.71. The second-order valence-electron chi connectivity index (χ2n) is 9.18. The molecule has 0 aliphatic carbocycles. The second-order valence-corrected chi connectivity index (χ2v) is 9.18. The summed E-state index contributed by atoms with van der Waals surface area (Å²) in [7, 11) is 0. The van der Waals surface area contributed by atoms with Gasteiger partial charge in [0.25, 0.3) is 0 Å². The van der Waals surface area contributed by atoms with Crippen LogP contribution in [-0.2, 0) is 33.9 Å². The molecule has 176 valence electrons. The minimum absolute atomic E-state index is 0. The molecule has 6 aromatic carbocycles. The maximum absolute atomic E-state index is 4.97. The number of hydrogen-bond donors (Lipinski definition) is 0. The van der Waals surface area contributed by atoms with E-state index >= 15 is 0 Å². The molecule has 0 spiro atoms. The fraction of sp³-hybridized carbons (Fsp3) is 0.0625. The average Bonchev–Trinajstić information content (AvgIpc) is 3.58. The van der Waals surface area contributed by atoms with Gasteiger partial charge in [-0.3, -0.25) is 0 Å². The van der Waals surface area contributed by atoms with Crippen LogP contribution in [0.2, 0.25) is 0 Å². The van der Waals surface area contributed by atoms with Gasteiger partial charge in [-0.1, -0.05) is 82.0 Å². The van der Waals surface area contributed by atoms with E-state index in [0.717, 1.165) is 66.0 Å². The molecule has 0 aliphatic heterocycles. The zero-order valence-electron chi connectivity index (χ0n) is 19.6. The Bertz CT molecular complexity index is 1820. The van der Waals surface area contributed by atoms with Gasteiger partial charge in [-0.15, -0.1) is 81.1 Å². The minimum Gasteiger partial charge on any atom is -0.485 e. The molecule has 0 aliphatic rings. The number of nitrogens with zero attached hydrogens (tertiary/aromatic N) is 4. The van der Waals surface area contributed by atoms with Crippen molar-refractivity contribution in [3.05, 3.63) is 109 Å². The monoisotopic (exact) mass is 653 g/mol. The Morgan fingerprint density at radius 1 is 0.514 bits per heavy atom. The Balaban J connectivity index is 0.00000231. The summed E-state index contributed by atoms with van der Waals surface area (Å²) in [5, 5.41) is 8.99. The number of benzene rings is 6. The first-order valence-electron chi connectivity index (χ1n) is 12.1. The number of aryl methyl sites for hydroxylation is 2. The van der Waals surface area contributed by atoms with Crippen molar-refractivity contribution in [3.8, 4) is 0 Å². The van der Waals surface area contributed by atoms with E-state index in [9.17, 15) is 0 Å². The topological polar surface area (TPSA) is 54.0 Å². The van der Waals surface area contributed by atoms with Crippen molar-refractivity contribution in [1.82, 2.24) is 19.9 Å². The average molecular weight is 654 g/mol. The van der Waals surface area contributed by atoms with Gasteiger partial charge in [-0.25, -0.2) is 0 Å². The zero-order valence-corrected chi connectivity index (χ0v) is 21.9. The molecular weight excluding hydrogens is 635 g/mol. The van der Waals surface area contributed by atoms with E-state index in [0.29, 0.717) is 12.8 Å².